The Morgan fingerprint density at radius 3 is 2.70 bits per heavy atom. The first kappa shape index (κ1) is 14.8. The first-order valence-electron chi connectivity index (χ1n) is 6.53. The molecule has 0 heterocycles. The molecule has 0 saturated heterocycles. The SMILES string of the molecule is CCc1cc(Oc2c(F)cccc2C(C)N)ccc1Cl. The summed E-state index contributed by atoms with van der Waals surface area (Å²) < 4.78 is 19.6. The van der Waals surface area contributed by atoms with Crippen LogP contribution in [-0.4, -0.2) is 0 Å². The highest BCUT2D eigenvalue weighted by atomic mass is 35.5. The molecule has 2 nitrogen and oxygen atoms in total. The number of benzene rings is 2. The molecule has 0 aliphatic rings. The van der Waals surface area contributed by atoms with E-state index in [9.17, 15) is 4.39 Å². The standard InChI is InChI=1S/C16H17ClFNO/c1-3-11-9-12(7-8-14(11)17)20-16-13(10(2)19)5-4-6-15(16)18/h4-10H,3,19H2,1-2H3. The van der Waals surface area contributed by atoms with E-state index in [0.717, 1.165) is 12.0 Å². The highest BCUT2D eigenvalue weighted by molar-refractivity contribution is 6.31. The second-order valence-electron chi connectivity index (χ2n) is 4.66. The molecule has 20 heavy (non-hydrogen) atoms. The van der Waals surface area contributed by atoms with Crippen LogP contribution in [-0.2, 0) is 6.42 Å². The van der Waals surface area contributed by atoms with E-state index in [0.29, 0.717) is 16.3 Å². The molecular formula is C16H17ClFNO. The first-order chi connectivity index (χ1) is 9.52. The van der Waals surface area contributed by atoms with Gasteiger partial charge in [0.2, 0.25) is 0 Å². The predicted molar refractivity (Wildman–Crippen MR) is 79.9 cm³/mol. The number of aryl methyl sites for hydroxylation is 1. The molecule has 0 fully saturated rings. The Labute approximate surface area is 123 Å². The van der Waals surface area contributed by atoms with Gasteiger partial charge in [-0.05, 0) is 43.2 Å². The number of hydrogen-bond donors (Lipinski definition) is 1. The summed E-state index contributed by atoms with van der Waals surface area (Å²) in [7, 11) is 0. The lowest BCUT2D eigenvalue weighted by molar-refractivity contribution is 0.432. The monoisotopic (exact) mass is 293 g/mol. The zero-order chi connectivity index (χ0) is 14.7. The van der Waals surface area contributed by atoms with Crippen LogP contribution in [0.5, 0.6) is 11.5 Å². The molecule has 0 aliphatic heterocycles. The van der Waals surface area contributed by atoms with Crippen molar-refractivity contribution in [2.75, 3.05) is 0 Å². The lowest BCUT2D eigenvalue weighted by atomic mass is 10.1. The van der Waals surface area contributed by atoms with Gasteiger partial charge in [0.15, 0.2) is 11.6 Å². The molecule has 1 atom stereocenters. The number of halogens is 2. The molecule has 0 aromatic heterocycles. The third-order valence-electron chi connectivity index (χ3n) is 3.11. The van der Waals surface area contributed by atoms with Crippen LogP contribution in [0.2, 0.25) is 5.02 Å². The fourth-order valence-electron chi connectivity index (χ4n) is 2.00. The van der Waals surface area contributed by atoms with Gasteiger partial charge in [0, 0.05) is 16.6 Å². The molecule has 4 heteroatoms. The minimum absolute atomic E-state index is 0.173. The van der Waals surface area contributed by atoms with Crippen LogP contribution in [0, 0.1) is 5.82 Å². The summed E-state index contributed by atoms with van der Waals surface area (Å²) in [6, 6.07) is 9.73. The van der Waals surface area contributed by atoms with Gasteiger partial charge in [-0.25, -0.2) is 4.39 Å². The van der Waals surface area contributed by atoms with Crippen LogP contribution in [0.4, 0.5) is 4.39 Å². The van der Waals surface area contributed by atoms with Crippen molar-refractivity contribution >= 4 is 11.6 Å². The molecule has 1 unspecified atom stereocenters. The van der Waals surface area contributed by atoms with Crippen molar-refractivity contribution in [2.45, 2.75) is 26.3 Å². The summed E-state index contributed by atoms with van der Waals surface area (Å²) in [5.74, 6) is 0.304. The van der Waals surface area contributed by atoms with Crippen molar-refractivity contribution in [1.29, 1.82) is 0 Å². The maximum absolute atomic E-state index is 14.0. The molecule has 0 saturated carbocycles. The Balaban J connectivity index is 2.39. The molecule has 2 N–H and O–H groups in total. The average Bonchev–Trinajstić information content (AvgIpc) is 2.42. The Morgan fingerprint density at radius 1 is 1.30 bits per heavy atom. The van der Waals surface area contributed by atoms with Gasteiger partial charge in [-0.3, -0.25) is 0 Å². The molecule has 0 aliphatic carbocycles. The molecule has 2 aromatic rings. The van der Waals surface area contributed by atoms with Crippen LogP contribution >= 0.6 is 11.6 Å². The molecule has 0 radical (unpaired) electrons. The molecule has 106 valence electrons. The van der Waals surface area contributed by atoms with Crippen LogP contribution in [0.1, 0.15) is 31.0 Å². The Bertz CT molecular complexity index is 613. The smallest absolute Gasteiger partial charge is 0.167 e. The van der Waals surface area contributed by atoms with Crippen LogP contribution < -0.4 is 10.5 Å². The van der Waals surface area contributed by atoms with Gasteiger partial charge in [-0.15, -0.1) is 0 Å². The van der Waals surface area contributed by atoms with E-state index in [1.807, 2.05) is 13.0 Å². The number of hydrogen-bond acceptors (Lipinski definition) is 2. The second kappa shape index (κ2) is 6.25. The first-order valence-corrected chi connectivity index (χ1v) is 6.91. The Morgan fingerprint density at radius 2 is 2.05 bits per heavy atom. The van der Waals surface area contributed by atoms with Gasteiger partial charge < -0.3 is 10.5 Å². The van der Waals surface area contributed by atoms with Crippen molar-refractivity contribution < 1.29 is 9.13 Å². The second-order valence-corrected chi connectivity index (χ2v) is 5.06. The van der Waals surface area contributed by atoms with Gasteiger partial charge in [0.25, 0.3) is 0 Å². The molecule has 2 rings (SSSR count). The van der Waals surface area contributed by atoms with E-state index < -0.39 is 5.82 Å². The molecular weight excluding hydrogens is 277 g/mol. The largest absolute Gasteiger partial charge is 0.454 e. The van der Waals surface area contributed by atoms with E-state index in [1.165, 1.54) is 6.07 Å². The summed E-state index contributed by atoms with van der Waals surface area (Å²) in [4.78, 5) is 0. The maximum Gasteiger partial charge on any atom is 0.167 e. The van der Waals surface area contributed by atoms with Crippen molar-refractivity contribution in [2.24, 2.45) is 5.73 Å². The molecule has 0 bridgehead atoms. The fraction of sp³-hybridized carbons (Fsp3) is 0.250. The zero-order valence-electron chi connectivity index (χ0n) is 11.5. The average molecular weight is 294 g/mol. The number of rotatable bonds is 4. The van der Waals surface area contributed by atoms with E-state index in [4.69, 9.17) is 22.1 Å². The molecule has 0 spiro atoms. The Hall–Kier alpha value is -1.58. The maximum atomic E-state index is 14.0. The molecule has 0 amide bonds. The summed E-state index contributed by atoms with van der Waals surface area (Å²) in [6.45, 7) is 3.79. The summed E-state index contributed by atoms with van der Waals surface area (Å²) in [6.07, 6.45) is 0.785. The van der Waals surface area contributed by atoms with Crippen molar-refractivity contribution in [3.8, 4) is 11.5 Å². The van der Waals surface area contributed by atoms with Gasteiger partial charge in [0.05, 0.1) is 0 Å². The van der Waals surface area contributed by atoms with Crippen LogP contribution in [0.25, 0.3) is 0 Å². The van der Waals surface area contributed by atoms with Crippen LogP contribution in [0.3, 0.4) is 0 Å². The van der Waals surface area contributed by atoms with Gasteiger partial charge in [-0.1, -0.05) is 30.7 Å². The van der Waals surface area contributed by atoms with E-state index in [1.54, 1.807) is 31.2 Å². The van der Waals surface area contributed by atoms with Crippen molar-refractivity contribution in [3.05, 3.63) is 58.4 Å². The number of ether oxygens (including phenoxy) is 1. The van der Waals surface area contributed by atoms with E-state index >= 15 is 0 Å². The van der Waals surface area contributed by atoms with Gasteiger partial charge >= 0.3 is 0 Å². The summed E-state index contributed by atoms with van der Waals surface area (Å²) in [5, 5.41) is 0.681. The topological polar surface area (TPSA) is 35.2 Å². The van der Waals surface area contributed by atoms with Crippen molar-refractivity contribution in [1.82, 2.24) is 0 Å². The third-order valence-corrected chi connectivity index (χ3v) is 3.47. The van der Waals surface area contributed by atoms with E-state index in [-0.39, 0.29) is 11.8 Å². The zero-order valence-corrected chi connectivity index (χ0v) is 12.2. The summed E-state index contributed by atoms with van der Waals surface area (Å²) in [5.41, 5.74) is 7.45. The Kier molecular flexibility index (Phi) is 4.63. The lowest BCUT2D eigenvalue weighted by Gasteiger charge is -2.15. The summed E-state index contributed by atoms with van der Waals surface area (Å²) >= 11 is 6.06. The van der Waals surface area contributed by atoms with Crippen LogP contribution in [0.15, 0.2) is 36.4 Å². The number of para-hydroxylation sites is 1. The third kappa shape index (κ3) is 3.11. The van der Waals surface area contributed by atoms with Gasteiger partial charge in [-0.2, -0.15) is 0 Å². The highest BCUT2D eigenvalue weighted by Crippen LogP contribution is 2.33. The van der Waals surface area contributed by atoms with Gasteiger partial charge in [0.1, 0.15) is 5.75 Å². The molecule has 2 aromatic carbocycles. The lowest BCUT2D eigenvalue weighted by Crippen LogP contribution is -2.07. The normalized spacial score (nSPS) is 12.2. The van der Waals surface area contributed by atoms with Crippen molar-refractivity contribution in [3.63, 3.8) is 0 Å². The minimum Gasteiger partial charge on any atom is -0.454 e. The quantitative estimate of drug-likeness (QED) is 0.874. The van der Waals surface area contributed by atoms with E-state index in [2.05, 4.69) is 0 Å². The fourth-order valence-corrected chi connectivity index (χ4v) is 2.25. The predicted octanol–water partition coefficient (Wildman–Crippen LogP) is 4.85. The minimum atomic E-state index is -0.423. The highest BCUT2D eigenvalue weighted by Gasteiger charge is 2.14. The number of nitrogens with two attached hydrogens (primary N) is 1.